The Kier molecular flexibility index (Phi) is 5.99. The second-order valence-corrected chi connectivity index (χ2v) is 5.69. The van der Waals surface area contributed by atoms with Gasteiger partial charge in [-0.3, -0.25) is 14.6 Å². The van der Waals surface area contributed by atoms with Crippen LogP contribution in [-0.4, -0.2) is 114 Å². The predicted molar refractivity (Wildman–Crippen MR) is 85.1 cm³/mol. The summed E-state index contributed by atoms with van der Waals surface area (Å²) in [6.45, 7) is 0.920. The fourth-order valence-electron chi connectivity index (χ4n) is 2.74. The number of hydrogen-bond donors (Lipinski definition) is 3. The summed E-state index contributed by atoms with van der Waals surface area (Å²) < 4.78 is 6.78. The highest BCUT2D eigenvalue weighted by molar-refractivity contribution is 6.22. The molecule has 2 unspecified atom stereocenters. The first-order valence-electron chi connectivity index (χ1n) is 7.67. The molecular formula is C14H24N5O5+. The summed E-state index contributed by atoms with van der Waals surface area (Å²) in [5.41, 5.74) is 0. The van der Waals surface area contributed by atoms with E-state index in [2.05, 4.69) is 10.3 Å². The molecule has 0 saturated carbocycles. The number of fused-ring (bicyclic) bond motifs is 1. The van der Waals surface area contributed by atoms with Crippen molar-refractivity contribution in [3.63, 3.8) is 0 Å². The quantitative estimate of drug-likeness (QED) is 0.326. The molecule has 1 fully saturated rings. The number of nitrogens with zero attached hydrogens (tertiary/aromatic N) is 4. The average Bonchev–Trinajstić information content (AvgIpc) is 2.90. The zero-order valence-corrected chi connectivity index (χ0v) is 14.1. The molecule has 3 N–H and O–H groups in total. The van der Waals surface area contributed by atoms with Gasteiger partial charge in [0.2, 0.25) is 0 Å². The molecule has 0 aromatic carbocycles. The number of aliphatic hydroxyl groups excluding tert-OH is 2. The maximum absolute atomic E-state index is 12.5. The third kappa shape index (κ3) is 3.46. The van der Waals surface area contributed by atoms with Crippen molar-refractivity contribution in [3.8, 4) is 0 Å². The molecule has 2 atom stereocenters. The van der Waals surface area contributed by atoms with Gasteiger partial charge in [0, 0.05) is 34.3 Å². The zero-order chi connectivity index (χ0) is 17.9. The molecule has 10 heteroatoms. The van der Waals surface area contributed by atoms with Crippen molar-refractivity contribution in [1.29, 1.82) is 0 Å². The largest absolute Gasteiger partial charge is 0.395 e. The molecule has 0 bridgehead atoms. The Morgan fingerprint density at radius 3 is 2.71 bits per heavy atom. The molecule has 0 aliphatic carbocycles. The van der Waals surface area contributed by atoms with Crippen LogP contribution in [0.25, 0.3) is 0 Å². The molecule has 134 valence electrons. The van der Waals surface area contributed by atoms with Crippen LogP contribution in [-0.2, 0) is 9.53 Å². The van der Waals surface area contributed by atoms with Crippen LogP contribution in [0.5, 0.6) is 0 Å². The minimum atomic E-state index is -0.779. The van der Waals surface area contributed by atoms with Gasteiger partial charge in [0.25, 0.3) is 17.8 Å². The molecule has 0 aromatic rings. The van der Waals surface area contributed by atoms with Crippen molar-refractivity contribution in [2.75, 3.05) is 54.1 Å². The van der Waals surface area contributed by atoms with E-state index in [-0.39, 0.29) is 26.3 Å². The zero-order valence-electron chi connectivity index (χ0n) is 14.1. The smallest absolute Gasteiger partial charge is 0.333 e. The summed E-state index contributed by atoms with van der Waals surface area (Å²) in [5.74, 6) is 0.436. The standard InChI is InChI=1S/C14H24N5O5/c1-17-12-11(13(22)18(2)14(17)23)19(10(16-12)8-24-3)7-9(21)6-15-4-5-20/h9,11,15,20-21H,4-8H2,1-3H3/q+1. The first-order valence-corrected chi connectivity index (χ1v) is 7.67. The summed E-state index contributed by atoms with van der Waals surface area (Å²) in [7, 11) is 4.49. The van der Waals surface area contributed by atoms with Crippen LogP contribution in [0.1, 0.15) is 0 Å². The molecule has 1 saturated heterocycles. The molecule has 0 aromatic heterocycles. The Bertz CT molecular complexity index is 576. The maximum atomic E-state index is 12.5. The van der Waals surface area contributed by atoms with E-state index < -0.39 is 24.1 Å². The first-order chi connectivity index (χ1) is 11.4. The van der Waals surface area contributed by atoms with Crippen LogP contribution in [0.15, 0.2) is 4.99 Å². The van der Waals surface area contributed by atoms with Gasteiger partial charge < -0.3 is 20.3 Å². The third-order valence-electron chi connectivity index (χ3n) is 3.96. The molecule has 0 radical (unpaired) electrons. The van der Waals surface area contributed by atoms with E-state index in [0.717, 1.165) is 4.90 Å². The van der Waals surface area contributed by atoms with Crippen LogP contribution in [0.3, 0.4) is 0 Å². The van der Waals surface area contributed by atoms with Gasteiger partial charge in [0.15, 0.2) is 6.61 Å². The van der Waals surface area contributed by atoms with Crippen LogP contribution >= 0.6 is 0 Å². The Hall–Kier alpha value is -1.88. The Balaban J connectivity index is 2.22. The normalized spacial score (nSPS) is 22.2. The minimum Gasteiger partial charge on any atom is -0.395 e. The molecule has 3 amide bonds. The Morgan fingerprint density at radius 2 is 2.08 bits per heavy atom. The van der Waals surface area contributed by atoms with Crippen molar-refractivity contribution in [3.05, 3.63) is 0 Å². The second-order valence-electron chi connectivity index (χ2n) is 5.69. The van der Waals surface area contributed by atoms with Gasteiger partial charge in [-0.15, -0.1) is 0 Å². The number of likely N-dealkylation sites (N-methyl/N-ethyl adjacent to an activating group) is 2. The van der Waals surface area contributed by atoms with Gasteiger partial charge in [0.1, 0.15) is 12.6 Å². The lowest BCUT2D eigenvalue weighted by molar-refractivity contribution is -0.544. The van der Waals surface area contributed by atoms with Crippen molar-refractivity contribution < 1.29 is 29.1 Å². The van der Waals surface area contributed by atoms with Gasteiger partial charge in [0.05, 0.1) is 6.61 Å². The van der Waals surface area contributed by atoms with E-state index in [4.69, 9.17) is 9.84 Å². The van der Waals surface area contributed by atoms with Crippen molar-refractivity contribution in [2.45, 2.75) is 12.1 Å². The maximum Gasteiger partial charge on any atom is 0.333 e. The molecule has 24 heavy (non-hydrogen) atoms. The number of imide groups is 1. The highest BCUT2D eigenvalue weighted by Gasteiger charge is 2.53. The number of carbonyl (C=O) groups is 2. The number of hydrogen-bond acceptors (Lipinski definition) is 7. The molecule has 2 aliphatic rings. The highest BCUT2D eigenvalue weighted by Crippen LogP contribution is 2.19. The fourth-order valence-corrected chi connectivity index (χ4v) is 2.74. The van der Waals surface area contributed by atoms with Gasteiger partial charge in [-0.1, -0.05) is 0 Å². The number of amides is 3. The molecule has 2 aliphatic heterocycles. The van der Waals surface area contributed by atoms with Crippen LogP contribution in [0.2, 0.25) is 0 Å². The fraction of sp³-hybridized carbons (Fsp3) is 0.714. The number of nitrogens with one attached hydrogen (secondary N) is 1. The number of methoxy groups -OCH3 is 1. The summed E-state index contributed by atoms with van der Waals surface area (Å²) in [6, 6.07) is -1.20. The molecular weight excluding hydrogens is 318 g/mol. The number of aliphatic hydroxyl groups is 2. The van der Waals surface area contributed by atoms with E-state index >= 15 is 0 Å². The molecule has 2 heterocycles. The lowest BCUT2D eigenvalue weighted by Gasteiger charge is -2.31. The van der Waals surface area contributed by atoms with Crippen molar-refractivity contribution in [1.82, 2.24) is 15.1 Å². The summed E-state index contributed by atoms with van der Waals surface area (Å²) >= 11 is 0. The van der Waals surface area contributed by atoms with Gasteiger partial charge >= 0.3 is 11.9 Å². The summed E-state index contributed by atoms with van der Waals surface area (Å²) in [6.07, 6.45) is -0.779. The van der Waals surface area contributed by atoms with Gasteiger partial charge in [-0.05, 0) is 4.99 Å². The van der Waals surface area contributed by atoms with Gasteiger partial charge in [-0.25, -0.2) is 9.37 Å². The van der Waals surface area contributed by atoms with E-state index in [1.165, 1.54) is 19.1 Å². The number of urea groups is 1. The Labute approximate surface area is 140 Å². The molecule has 10 nitrogen and oxygen atoms in total. The van der Waals surface area contributed by atoms with Crippen LogP contribution in [0.4, 0.5) is 4.79 Å². The number of carbonyl (C=O) groups excluding carboxylic acids is 2. The van der Waals surface area contributed by atoms with Gasteiger partial charge in [-0.2, -0.15) is 0 Å². The van der Waals surface area contributed by atoms with E-state index in [0.29, 0.717) is 18.2 Å². The SMILES string of the molecule is COCC1=[N+](CC(O)CNCCO)C2C(=O)N(C)C(=O)N(C)C2=N1. The summed E-state index contributed by atoms with van der Waals surface area (Å²) in [4.78, 5) is 31.3. The number of aliphatic imine (C=N–C) groups is 1. The molecule has 2 rings (SSSR count). The van der Waals surface area contributed by atoms with Crippen molar-refractivity contribution >= 4 is 23.6 Å². The lowest BCUT2D eigenvalue weighted by Crippen LogP contribution is -2.62. The van der Waals surface area contributed by atoms with Crippen LogP contribution in [0, 0.1) is 0 Å². The topological polar surface area (TPSA) is 118 Å². The third-order valence-corrected chi connectivity index (χ3v) is 3.96. The van der Waals surface area contributed by atoms with Crippen molar-refractivity contribution in [2.24, 2.45) is 4.99 Å². The van der Waals surface area contributed by atoms with E-state index in [9.17, 15) is 14.7 Å². The predicted octanol–water partition coefficient (Wildman–Crippen LogP) is -2.71. The average molecular weight is 342 g/mol. The number of β-amino-alcohol motifs (C(OH)–C–C–N with tert-alkyl or cyclic N) is 1. The number of ether oxygens (including phenoxy) is 1. The number of rotatable bonds is 8. The summed E-state index contributed by atoms with van der Waals surface area (Å²) in [5, 5.41) is 21.9. The van der Waals surface area contributed by atoms with Crippen LogP contribution < -0.4 is 5.32 Å². The lowest BCUT2D eigenvalue weighted by atomic mass is 10.1. The monoisotopic (exact) mass is 342 g/mol. The minimum absolute atomic E-state index is 0.0243. The first kappa shape index (κ1) is 18.5. The van der Waals surface area contributed by atoms with E-state index in [1.807, 2.05) is 0 Å². The highest BCUT2D eigenvalue weighted by atomic mass is 16.5. The Morgan fingerprint density at radius 1 is 1.38 bits per heavy atom. The van der Waals surface area contributed by atoms with E-state index in [1.54, 1.807) is 11.6 Å². The number of amidine groups is 2. The molecule has 0 spiro atoms. The second kappa shape index (κ2) is 7.79.